The lowest BCUT2D eigenvalue weighted by Gasteiger charge is -2.00. The summed E-state index contributed by atoms with van der Waals surface area (Å²) in [4.78, 5) is 12.0. The lowest BCUT2D eigenvalue weighted by Crippen LogP contribution is -1.97. The summed E-state index contributed by atoms with van der Waals surface area (Å²) in [6.07, 6.45) is 0.133. The van der Waals surface area contributed by atoms with Gasteiger partial charge in [0.15, 0.2) is 5.69 Å². The van der Waals surface area contributed by atoms with Crippen LogP contribution >= 0.6 is 11.6 Å². The highest BCUT2D eigenvalue weighted by Gasteiger charge is 2.15. The van der Waals surface area contributed by atoms with Crippen LogP contribution in [0.2, 0.25) is 5.02 Å². The molecule has 1 heterocycles. The maximum atomic E-state index is 12.0. The molecule has 5 nitrogen and oxygen atoms in total. The second-order valence-electron chi connectivity index (χ2n) is 5.33. The Kier molecular flexibility index (Phi) is 4.62. The summed E-state index contributed by atoms with van der Waals surface area (Å²) >= 11 is 5.82. The normalized spacial score (nSPS) is 11.4. The Balaban J connectivity index is 1.86. The molecule has 0 fully saturated rings. The van der Waals surface area contributed by atoms with E-state index in [1.165, 1.54) is 0 Å². The zero-order valence-electron chi connectivity index (χ0n) is 13.1. The second-order valence-corrected chi connectivity index (χ2v) is 5.77. The predicted molar refractivity (Wildman–Crippen MR) is 94.0 cm³/mol. The molecule has 0 aliphatic heterocycles. The van der Waals surface area contributed by atoms with E-state index in [0.29, 0.717) is 17.3 Å². The van der Waals surface area contributed by atoms with E-state index in [2.05, 4.69) is 10.2 Å². The Bertz CT molecular complexity index is 914. The molecule has 0 radical (unpaired) electrons. The van der Waals surface area contributed by atoms with E-state index < -0.39 is 0 Å². The molecule has 0 aliphatic rings. The van der Waals surface area contributed by atoms with Crippen molar-refractivity contribution in [1.29, 1.82) is 0 Å². The second kappa shape index (κ2) is 6.84. The summed E-state index contributed by atoms with van der Waals surface area (Å²) < 4.78 is 1.73. The van der Waals surface area contributed by atoms with Gasteiger partial charge in [-0.25, -0.2) is 0 Å². The highest BCUT2D eigenvalue weighted by atomic mass is 35.5. The van der Waals surface area contributed by atoms with Crippen LogP contribution in [0.5, 0.6) is 5.88 Å². The van der Waals surface area contributed by atoms with Crippen molar-refractivity contribution < 1.29 is 9.90 Å². The zero-order chi connectivity index (χ0) is 17.1. The third-order valence-electron chi connectivity index (χ3n) is 3.76. The largest absolute Gasteiger partial charge is 0.493 e. The fourth-order valence-corrected chi connectivity index (χ4v) is 2.73. The van der Waals surface area contributed by atoms with Gasteiger partial charge in [-0.1, -0.05) is 41.9 Å². The summed E-state index contributed by atoms with van der Waals surface area (Å²) in [7, 11) is 0. The SMILES string of the molecule is CCn1c(O)c(N=NC(=O)Cc2ccc(Cl)cc2)c2ccccc21. The smallest absolute Gasteiger partial charge is 0.269 e. The van der Waals surface area contributed by atoms with Crippen molar-refractivity contribution in [2.75, 3.05) is 0 Å². The molecule has 0 bridgehead atoms. The van der Waals surface area contributed by atoms with E-state index in [-0.39, 0.29) is 18.2 Å². The minimum absolute atomic E-state index is 0.0155. The Morgan fingerprint density at radius 3 is 2.58 bits per heavy atom. The first kappa shape index (κ1) is 16.2. The van der Waals surface area contributed by atoms with Crippen molar-refractivity contribution >= 4 is 34.1 Å². The number of hydrogen-bond acceptors (Lipinski definition) is 3. The van der Waals surface area contributed by atoms with Gasteiger partial charge in [0.2, 0.25) is 5.88 Å². The van der Waals surface area contributed by atoms with E-state index in [0.717, 1.165) is 16.5 Å². The number of halogens is 1. The molecule has 3 aromatic rings. The number of amides is 1. The number of nitrogens with zero attached hydrogens (tertiary/aromatic N) is 3. The first-order valence-corrected chi connectivity index (χ1v) is 7.97. The number of fused-ring (bicyclic) bond motifs is 1. The van der Waals surface area contributed by atoms with Crippen LogP contribution in [0, 0.1) is 0 Å². The van der Waals surface area contributed by atoms with Gasteiger partial charge in [0.1, 0.15) is 0 Å². The van der Waals surface area contributed by atoms with E-state index >= 15 is 0 Å². The molecular formula is C18H16ClN3O2. The number of aromatic nitrogens is 1. The Hall–Kier alpha value is -2.66. The summed E-state index contributed by atoms with van der Waals surface area (Å²) in [5.74, 6) is -0.369. The van der Waals surface area contributed by atoms with Gasteiger partial charge in [0, 0.05) is 17.0 Å². The van der Waals surface area contributed by atoms with Gasteiger partial charge in [-0.05, 0) is 30.7 Å². The van der Waals surface area contributed by atoms with Crippen LogP contribution < -0.4 is 0 Å². The van der Waals surface area contributed by atoms with Gasteiger partial charge >= 0.3 is 0 Å². The maximum absolute atomic E-state index is 12.0. The Morgan fingerprint density at radius 2 is 1.88 bits per heavy atom. The number of para-hydroxylation sites is 1. The van der Waals surface area contributed by atoms with Crippen molar-refractivity contribution in [1.82, 2.24) is 4.57 Å². The lowest BCUT2D eigenvalue weighted by molar-refractivity contribution is -0.117. The fourth-order valence-electron chi connectivity index (χ4n) is 2.61. The molecule has 0 saturated heterocycles. The first-order chi connectivity index (χ1) is 11.6. The van der Waals surface area contributed by atoms with Crippen molar-refractivity contribution in [3.8, 4) is 5.88 Å². The van der Waals surface area contributed by atoms with Gasteiger partial charge in [0.25, 0.3) is 5.91 Å². The summed E-state index contributed by atoms with van der Waals surface area (Å²) in [5, 5.41) is 19.5. The predicted octanol–water partition coefficient (Wildman–Crippen LogP) is 4.87. The van der Waals surface area contributed by atoms with Gasteiger partial charge in [-0.2, -0.15) is 0 Å². The summed E-state index contributed by atoms with van der Waals surface area (Å²) in [5.41, 5.74) is 1.98. The van der Waals surface area contributed by atoms with Crippen LogP contribution in [0.1, 0.15) is 12.5 Å². The van der Waals surface area contributed by atoms with Gasteiger partial charge in [-0.3, -0.25) is 4.79 Å². The van der Waals surface area contributed by atoms with Crippen molar-refractivity contribution in [2.24, 2.45) is 10.2 Å². The molecule has 0 atom stereocenters. The summed E-state index contributed by atoms with van der Waals surface area (Å²) in [6.45, 7) is 2.53. The van der Waals surface area contributed by atoms with E-state index in [9.17, 15) is 9.90 Å². The quantitative estimate of drug-likeness (QED) is 0.687. The number of hydrogen-bond donors (Lipinski definition) is 1. The Labute approximate surface area is 144 Å². The third-order valence-corrected chi connectivity index (χ3v) is 4.02. The number of azo groups is 1. The van der Waals surface area contributed by atoms with Crippen LogP contribution in [-0.2, 0) is 17.8 Å². The molecule has 122 valence electrons. The van der Waals surface area contributed by atoms with Crippen molar-refractivity contribution in [3.05, 3.63) is 59.1 Å². The van der Waals surface area contributed by atoms with Crippen molar-refractivity contribution in [3.63, 3.8) is 0 Å². The van der Waals surface area contributed by atoms with Crippen LogP contribution in [0.4, 0.5) is 5.69 Å². The van der Waals surface area contributed by atoms with Gasteiger partial charge < -0.3 is 9.67 Å². The number of rotatable bonds is 4. The molecule has 24 heavy (non-hydrogen) atoms. The molecule has 1 amide bonds. The molecule has 3 rings (SSSR count). The van der Waals surface area contributed by atoms with Crippen LogP contribution in [0.25, 0.3) is 10.9 Å². The molecule has 6 heteroatoms. The van der Waals surface area contributed by atoms with E-state index in [4.69, 9.17) is 11.6 Å². The molecule has 2 aromatic carbocycles. The monoisotopic (exact) mass is 341 g/mol. The van der Waals surface area contributed by atoms with Gasteiger partial charge in [-0.15, -0.1) is 10.2 Å². The molecular weight excluding hydrogens is 326 g/mol. The first-order valence-electron chi connectivity index (χ1n) is 7.59. The molecule has 1 aromatic heterocycles. The number of aromatic hydroxyl groups is 1. The van der Waals surface area contributed by atoms with Crippen LogP contribution in [0.3, 0.4) is 0 Å². The molecule has 0 spiro atoms. The topological polar surface area (TPSA) is 66.9 Å². The highest BCUT2D eigenvalue weighted by molar-refractivity contribution is 6.30. The average Bonchev–Trinajstić information content (AvgIpc) is 2.86. The van der Waals surface area contributed by atoms with Crippen molar-refractivity contribution in [2.45, 2.75) is 19.9 Å². The zero-order valence-corrected chi connectivity index (χ0v) is 13.9. The highest BCUT2D eigenvalue weighted by Crippen LogP contribution is 2.38. The number of carbonyl (C=O) groups excluding carboxylic acids is 1. The fraction of sp³-hybridized carbons (Fsp3) is 0.167. The van der Waals surface area contributed by atoms with Gasteiger partial charge in [0.05, 0.1) is 11.9 Å². The molecule has 1 N–H and O–H groups in total. The number of carbonyl (C=O) groups is 1. The standard InChI is InChI=1S/C18H16ClN3O2/c1-2-22-15-6-4-3-5-14(15)17(18(22)24)21-20-16(23)11-12-7-9-13(19)10-8-12/h3-10,24H,2,11H2,1H3. The molecule has 0 aliphatic carbocycles. The average molecular weight is 342 g/mol. The number of aryl methyl sites for hydroxylation is 1. The summed E-state index contributed by atoms with van der Waals surface area (Å²) in [6, 6.07) is 14.5. The number of benzene rings is 2. The molecule has 0 saturated carbocycles. The Morgan fingerprint density at radius 1 is 1.17 bits per heavy atom. The minimum Gasteiger partial charge on any atom is -0.493 e. The molecule has 0 unspecified atom stereocenters. The van der Waals surface area contributed by atoms with E-state index in [1.807, 2.05) is 31.2 Å². The minimum atomic E-state index is -0.384. The maximum Gasteiger partial charge on any atom is 0.269 e. The lowest BCUT2D eigenvalue weighted by atomic mass is 10.1. The van der Waals surface area contributed by atoms with Crippen LogP contribution in [-0.4, -0.2) is 15.6 Å². The van der Waals surface area contributed by atoms with E-state index in [1.54, 1.807) is 28.8 Å². The third kappa shape index (κ3) is 3.16. The van der Waals surface area contributed by atoms with Crippen LogP contribution in [0.15, 0.2) is 58.8 Å².